The van der Waals surface area contributed by atoms with Crippen LogP contribution in [0.4, 0.5) is 0 Å². The minimum Gasteiger partial charge on any atom is -0.387 e. The summed E-state index contributed by atoms with van der Waals surface area (Å²) in [7, 11) is 0. The van der Waals surface area contributed by atoms with Crippen LogP contribution in [0.25, 0.3) is 0 Å². The fraction of sp³-hybridized carbons (Fsp3) is 0.625. The SMILES string of the molecule is CCc1ccc(C(O)CNCCN(CC)CC)cc1. The van der Waals surface area contributed by atoms with Gasteiger partial charge in [0.25, 0.3) is 0 Å². The first-order valence-corrected chi connectivity index (χ1v) is 7.41. The summed E-state index contributed by atoms with van der Waals surface area (Å²) < 4.78 is 0. The van der Waals surface area contributed by atoms with E-state index < -0.39 is 6.10 Å². The molecule has 0 spiro atoms. The van der Waals surface area contributed by atoms with E-state index >= 15 is 0 Å². The molecule has 19 heavy (non-hydrogen) atoms. The van der Waals surface area contributed by atoms with Crippen LogP contribution in [0.2, 0.25) is 0 Å². The molecule has 0 fully saturated rings. The van der Waals surface area contributed by atoms with E-state index in [0.29, 0.717) is 6.54 Å². The molecule has 3 nitrogen and oxygen atoms in total. The Labute approximate surface area is 117 Å². The topological polar surface area (TPSA) is 35.5 Å². The van der Waals surface area contributed by atoms with Crippen molar-refractivity contribution in [3.05, 3.63) is 35.4 Å². The largest absolute Gasteiger partial charge is 0.387 e. The molecule has 108 valence electrons. The van der Waals surface area contributed by atoms with Gasteiger partial charge in [-0.25, -0.2) is 0 Å². The summed E-state index contributed by atoms with van der Waals surface area (Å²) in [5.74, 6) is 0. The van der Waals surface area contributed by atoms with Gasteiger partial charge in [-0.1, -0.05) is 45.0 Å². The van der Waals surface area contributed by atoms with E-state index in [-0.39, 0.29) is 0 Å². The average molecular weight is 264 g/mol. The summed E-state index contributed by atoms with van der Waals surface area (Å²) in [6.07, 6.45) is 0.626. The lowest BCUT2D eigenvalue weighted by molar-refractivity contribution is 0.172. The van der Waals surface area contributed by atoms with Gasteiger partial charge in [0.15, 0.2) is 0 Å². The molecule has 0 amide bonds. The Morgan fingerprint density at radius 1 is 1.11 bits per heavy atom. The van der Waals surface area contributed by atoms with Crippen molar-refractivity contribution < 1.29 is 5.11 Å². The van der Waals surface area contributed by atoms with Crippen molar-refractivity contribution >= 4 is 0 Å². The second kappa shape index (κ2) is 9.08. The van der Waals surface area contributed by atoms with Crippen molar-refractivity contribution in [3.8, 4) is 0 Å². The van der Waals surface area contributed by atoms with Gasteiger partial charge in [-0.05, 0) is 30.6 Å². The van der Waals surface area contributed by atoms with E-state index in [9.17, 15) is 5.11 Å². The number of benzene rings is 1. The number of hydrogen-bond donors (Lipinski definition) is 2. The predicted octanol–water partition coefficient (Wildman–Crippen LogP) is 2.21. The molecule has 0 bridgehead atoms. The Morgan fingerprint density at radius 2 is 1.74 bits per heavy atom. The highest BCUT2D eigenvalue weighted by atomic mass is 16.3. The zero-order valence-corrected chi connectivity index (χ0v) is 12.5. The highest BCUT2D eigenvalue weighted by Crippen LogP contribution is 2.13. The Bertz CT molecular complexity index is 333. The predicted molar refractivity (Wildman–Crippen MR) is 81.4 cm³/mol. The number of hydrogen-bond acceptors (Lipinski definition) is 3. The van der Waals surface area contributed by atoms with Crippen LogP contribution < -0.4 is 5.32 Å². The third-order valence-corrected chi connectivity index (χ3v) is 3.61. The van der Waals surface area contributed by atoms with Gasteiger partial charge in [0.05, 0.1) is 6.10 Å². The summed E-state index contributed by atoms with van der Waals surface area (Å²) in [4.78, 5) is 2.37. The van der Waals surface area contributed by atoms with Crippen LogP contribution in [0.5, 0.6) is 0 Å². The average Bonchev–Trinajstić information content (AvgIpc) is 2.47. The lowest BCUT2D eigenvalue weighted by Crippen LogP contribution is -2.33. The summed E-state index contributed by atoms with van der Waals surface area (Å²) in [6.45, 7) is 11.2. The third kappa shape index (κ3) is 5.72. The number of rotatable bonds is 9. The van der Waals surface area contributed by atoms with Crippen molar-refractivity contribution in [1.82, 2.24) is 10.2 Å². The molecular formula is C16H28N2O. The molecule has 0 aliphatic carbocycles. The van der Waals surface area contributed by atoms with E-state index in [2.05, 4.69) is 43.1 Å². The molecular weight excluding hydrogens is 236 g/mol. The molecule has 0 radical (unpaired) electrons. The van der Waals surface area contributed by atoms with Crippen molar-refractivity contribution in [2.24, 2.45) is 0 Å². The van der Waals surface area contributed by atoms with Crippen LogP contribution in [0.3, 0.4) is 0 Å². The lowest BCUT2D eigenvalue weighted by atomic mass is 10.1. The smallest absolute Gasteiger partial charge is 0.0914 e. The van der Waals surface area contributed by atoms with Gasteiger partial charge in [-0.2, -0.15) is 0 Å². The molecule has 0 aromatic heterocycles. The van der Waals surface area contributed by atoms with Crippen LogP contribution in [0.1, 0.15) is 38.0 Å². The van der Waals surface area contributed by atoms with Gasteiger partial charge in [-0.3, -0.25) is 0 Å². The number of nitrogens with one attached hydrogen (secondary N) is 1. The summed E-state index contributed by atoms with van der Waals surface area (Å²) in [5, 5.41) is 13.4. The molecule has 0 saturated heterocycles. The van der Waals surface area contributed by atoms with E-state index in [4.69, 9.17) is 0 Å². The van der Waals surface area contributed by atoms with Crippen LogP contribution in [0, 0.1) is 0 Å². The zero-order valence-electron chi connectivity index (χ0n) is 12.5. The monoisotopic (exact) mass is 264 g/mol. The number of aliphatic hydroxyl groups excluding tert-OH is 1. The minimum atomic E-state index is -0.414. The summed E-state index contributed by atoms with van der Waals surface area (Å²) in [5.41, 5.74) is 2.30. The summed E-state index contributed by atoms with van der Waals surface area (Å²) >= 11 is 0. The third-order valence-electron chi connectivity index (χ3n) is 3.61. The number of aryl methyl sites for hydroxylation is 1. The highest BCUT2D eigenvalue weighted by molar-refractivity contribution is 5.24. The molecule has 0 aliphatic rings. The van der Waals surface area contributed by atoms with Crippen LogP contribution in [-0.4, -0.2) is 42.7 Å². The fourth-order valence-corrected chi connectivity index (χ4v) is 2.11. The van der Waals surface area contributed by atoms with Crippen LogP contribution in [-0.2, 0) is 6.42 Å². The first-order valence-electron chi connectivity index (χ1n) is 7.41. The zero-order chi connectivity index (χ0) is 14.1. The second-order valence-corrected chi connectivity index (χ2v) is 4.84. The number of aliphatic hydroxyl groups is 1. The van der Waals surface area contributed by atoms with Gasteiger partial charge >= 0.3 is 0 Å². The Kier molecular flexibility index (Phi) is 7.72. The molecule has 0 aliphatic heterocycles. The van der Waals surface area contributed by atoms with Gasteiger partial charge in [0, 0.05) is 19.6 Å². The van der Waals surface area contributed by atoms with Crippen molar-refractivity contribution in [3.63, 3.8) is 0 Å². The maximum Gasteiger partial charge on any atom is 0.0914 e. The minimum absolute atomic E-state index is 0.414. The maximum atomic E-state index is 10.1. The molecule has 1 unspecified atom stereocenters. The standard InChI is InChI=1S/C16H28N2O/c1-4-14-7-9-15(10-8-14)16(19)13-17-11-12-18(5-2)6-3/h7-10,16-17,19H,4-6,11-13H2,1-3H3. The molecule has 2 N–H and O–H groups in total. The molecule has 0 saturated carbocycles. The van der Waals surface area contributed by atoms with E-state index in [1.807, 2.05) is 12.1 Å². The van der Waals surface area contributed by atoms with Gasteiger partial charge in [0.1, 0.15) is 0 Å². The second-order valence-electron chi connectivity index (χ2n) is 4.84. The molecule has 3 heteroatoms. The van der Waals surface area contributed by atoms with Crippen molar-refractivity contribution in [2.45, 2.75) is 33.3 Å². The summed E-state index contributed by atoms with van der Waals surface area (Å²) in [6, 6.07) is 8.23. The number of likely N-dealkylation sites (N-methyl/N-ethyl adjacent to an activating group) is 1. The molecule has 1 aromatic rings. The lowest BCUT2D eigenvalue weighted by Gasteiger charge is -2.19. The fourth-order valence-electron chi connectivity index (χ4n) is 2.11. The molecule has 1 aromatic carbocycles. The molecule has 1 rings (SSSR count). The maximum absolute atomic E-state index is 10.1. The first-order chi connectivity index (χ1) is 9.21. The van der Waals surface area contributed by atoms with Gasteiger partial charge in [0.2, 0.25) is 0 Å². The van der Waals surface area contributed by atoms with E-state index in [0.717, 1.165) is 38.2 Å². The molecule has 1 atom stereocenters. The van der Waals surface area contributed by atoms with Gasteiger partial charge < -0.3 is 15.3 Å². The normalized spacial score (nSPS) is 12.9. The van der Waals surface area contributed by atoms with Crippen molar-refractivity contribution in [2.75, 3.05) is 32.7 Å². The van der Waals surface area contributed by atoms with E-state index in [1.54, 1.807) is 0 Å². The number of nitrogens with zero attached hydrogens (tertiary/aromatic N) is 1. The van der Waals surface area contributed by atoms with E-state index in [1.165, 1.54) is 5.56 Å². The van der Waals surface area contributed by atoms with Crippen LogP contribution in [0.15, 0.2) is 24.3 Å². The first kappa shape index (κ1) is 16.2. The van der Waals surface area contributed by atoms with Gasteiger partial charge in [-0.15, -0.1) is 0 Å². The highest BCUT2D eigenvalue weighted by Gasteiger charge is 2.07. The quantitative estimate of drug-likeness (QED) is 0.671. The Balaban J connectivity index is 2.28. The Morgan fingerprint density at radius 3 is 2.26 bits per heavy atom. The van der Waals surface area contributed by atoms with Crippen LogP contribution >= 0.6 is 0 Å². The Hall–Kier alpha value is -0.900. The van der Waals surface area contributed by atoms with Crippen molar-refractivity contribution in [1.29, 1.82) is 0 Å². The molecule has 0 heterocycles.